The van der Waals surface area contributed by atoms with Gasteiger partial charge in [-0.25, -0.2) is 0 Å². The third-order valence-electron chi connectivity index (χ3n) is 5.44. The fourth-order valence-corrected chi connectivity index (χ4v) is 3.98. The van der Waals surface area contributed by atoms with Crippen LogP contribution in [0, 0.1) is 6.92 Å². The van der Waals surface area contributed by atoms with Crippen molar-refractivity contribution in [2.75, 3.05) is 4.90 Å². The Balaban J connectivity index is 1.72. The summed E-state index contributed by atoms with van der Waals surface area (Å²) in [6, 6.07) is 23.0. The summed E-state index contributed by atoms with van der Waals surface area (Å²) in [6.07, 6.45) is 0. The average molecular weight is 410 g/mol. The molecule has 0 spiro atoms. The second-order valence-electron chi connectivity index (χ2n) is 7.44. The second-order valence-corrected chi connectivity index (χ2v) is 7.44. The Morgan fingerprint density at radius 1 is 0.935 bits per heavy atom. The molecule has 4 aromatic rings. The number of aliphatic hydroxyl groups is 1. The van der Waals surface area contributed by atoms with Gasteiger partial charge in [0.2, 0.25) is 0 Å². The molecule has 3 aromatic carbocycles. The van der Waals surface area contributed by atoms with E-state index < -0.39 is 17.7 Å². The molecule has 5 rings (SSSR count). The van der Waals surface area contributed by atoms with E-state index in [0.717, 1.165) is 10.8 Å². The van der Waals surface area contributed by atoms with Crippen molar-refractivity contribution >= 4 is 34.0 Å². The van der Waals surface area contributed by atoms with Gasteiger partial charge in [0.1, 0.15) is 11.5 Å². The minimum atomic E-state index is -0.822. The number of ketones is 1. The summed E-state index contributed by atoms with van der Waals surface area (Å²) in [7, 11) is 0. The van der Waals surface area contributed by atoms with Gasteiger partial charge in [0.05, 0.1) is 11.6 Å². The molecule has 1 unspecified atom stereocenters. The van der Waals surface area contributed by atoms with E-state index in [1.807, 2.05) is 60.7 Å². The monoisotopic (exact) mass is 410 g/mol. The molecule has 0 radical (unpaired) electrons. The summed E-state index contributed by atoms with van der Waals surface area (Å²) >= 11 is 0. The number of aliphatic hydroxyl groups excluding tert-OH is 1. The standard InChI is InChI=1S/C25H18N2O4/c1-15-13-20(26-31-15)27-22(17-8-3-2-4-9-17)21(24(29)25(27)30)23(28)19-12-11-16-7-5-6-10-18(16)14-19/h2-14,22,28H,1H3/b23-21+. The van der Waals surface area contributed by atoms with Gasteiger partial charge >= 0.3 is 5.91 Å². The molecule has 1 atom stereocenters. The maximum Gasteiger partial charge on any atom is 0.301 e. The van der Waals surface area contributed by atoms with Crippen molar-refractivity contribution < 1.29 is 19.2 Å². The highest BCUT2D eigenvalue weighted by Gasteiger charge is 2.48. The van der Waals surface area contributed by atoms with Crippen LogP contribution in [0.1, 0.15) is 22.9 Å². The minimum Gasteiger partial charge on any atom is -0.507 e. The average Bonchev–Trinajstić information content (AvgIpc) is 3.34. The number of fused-ring (bicyclic) bond motifs is 1. The lowest BCUT2D eigenvalue weighted by Gasteiger charge is -2.22. The highest BCUT2D eigenvalue weighted by molar-refractivity contribution is 6.51. The van der Waals surface area contributed by atoms with Gasteiger partial charge in [-0.1, -0.05) is 71.9 Å². The van der Waals surface area contributed by atoms with Crippen LogP contribution in [0.2, 0.25) is 0 Å². The van der Waals surface area contributed by atoms with Crippen LogP contribution in [0.15, 0.2) is 89.0 Å². The van der Waals surface area contributed by atoms with E-state index in [9.17, 15) is 14.7 Å². The molecule has 1 aliphatic rings. The lowest BCUT2D eigenvalue weighted by Crippen LogP contribution is -2.29. The first kappa shape index (κ1) is 18.8. The molecular formula is C25H18N2O4. The van der Waals surface area contributed by atoms with Crippen LogP contribution in [0.5, 0.6) is 0 Å². The summed E-state index contributed by atoms with van der Waals surface area (Å²) in [5, 5.41) is 17.1. The van der Waals surface area contributed by atoms with Crippen molar-refractivity contribution in [3.05, 3.63) is 101 Å². The zero-order chi connectivity index (χ0) is 21.5. The van der Waals surface area contributed by atoms with Crippen LogP contribution in [0.4, 0.5) is 5.82 Å². The van der Waals surface area contributed by atoms with Crippen molar-refractivity contribution in [1.82, 2.24) is 5.16 Å². The summed E-state index contributed by atoms with van der Waals surface area (Å²) < 4.78 is 5.14. The van der Waals surface area contributed by atoms with Crippen molar-refractivity contribution in [2.45, 2.75) is 13.0 Å². The number of benzene rings is 3. The molecule has 1 amide bonds. The molecule has 1 N–H and O–H groups in total. The summed E-state index contributed by atoms with van der Waals surface area (Å²) in [5.41, 5.74) is 1.17. The Morgan fingerprint density at radius 2 is 1.65 bits per heavy atom. The van der Waals surface area contributed by atoms with E-state index in [0.29, 0.717) is 16.9 Å². The molecule has 6 nitrogen and oxygen atoms in total. The molecule has 31 heavy (non-hydrogen) atoms. The van der Waals surface area contributed by atoms with Crippen LogP contribution >= 0.6 is 0 Å². The molecule has 152 valence electrons. The van der Waals surface area contributed by atoms with E-state index in [2.05, 4.69) is 5.16 Å². The summed E-state index contributed by atoms with van der Waals surface area (Å²) in [6.45, 7) is 1.71. The fourth-order valence-electron chi connectivity index (χ4n) is 3.98. The third-order valence-corrected chi connectivity index (χ3v) is 5.44. The first-order chi connectivity index (χ1) is 15.0. The molecule has 6 heteroatoms. The quantitative estimate of drug-likeness (QED) is 0.299. The normalized spacial score (nSPS) is 18.1. The smallest absolute Gasteiger partial charge is 0.301 e. The van der Waals surface area contributed by atoms with Crippen molar-refractivity contribution in [3.8, 4) is 0 Å². The van der Waals surface area contributed by atoms with E-state index >= 15 is 0 Å². The summed E-state index contributed by atoms with van der Waals surface area (Å²) in [4.78, 5) is 27.4. The molecule has 2 heterocycles. The highest BCUT2D eigenvalue weighted by Crippen LogP contribution is 2.42. The van der Waals surface area contributed by atoms with Gasteiger partial charge in [-0.3, -0.25) is 14.5 Å². The lowest BCUT2D eigenvalue weighted by molar-refractivity contribution is -0.132. The lowest BCUT2D eigenvalue weighted by atomic mass is 9.94. The molecular weight excluding hydrogens is 392 g/mol. The number of aromatic nitrogens is 1. The number of carbonyl (C=O) groups excluding carboxylic acids is 2. The Morgan fingerprint density at radius 3 is 2.35 bits per heavy atom. The Labute approximate surface area is 178 Å². The van der Waals surface area contributed by atoms with Crippen molar-refractivity contribution in [3.63, 3.8) is 0 Å². The number of nitrogens with zero attached hydrogens (tertiary/aromatic N) is 2. The van der Waals surface area contributed by atoms with Crippen molar-refractivity contribution in [1.29, 1.82) is 0 Å². The zero-order valence-corrected chi connectivity index (χ0v) is 16.6. The van der Waals surface area contributed by atoms with E-state index in [4.69, 9.17) is 4.52 Å². The molecule has 1 aromatic heterocycles. The maximum atomic E-state index is 13.1. The number of anilines is 1. The second kappa shape index (κ2) is 7.25. The molecule has 1 fully saturated rings. The number of carbonyl (C=O) groups is 2. The first-order valence-electron chi connectivity index (χ1n) is 9.83. The largest absolute Gasteiger partial charge is 0.507 e. The molecule has 0 saturated carbocycles. The zero-order valence-electron chi connectivity index (χ0n) is 16.6. The molecule has 0 bridgehead atoms. The Kier molecular flexibility index (Phi) is 4.40. The Bertz CT molecular complexity index is 1350. The number of rotatable bonds is 3. The van der Waals surface area contributed by atoms with Crippen LogP contribution in [-0.4, -0.2) is 22.0 Å². The number of Topliss-reactive ketones (excluding diaryl/α,β-unsaturated/α-hetero) is 1. The van der Waals surface area contributed by atoms with Crippen LogP contribution in [0.3, 0.4) is 0 Å². The van der Waals surface area contributed by atoms with Gasteiger partial charge in [0.25, 0.3) is 5.78 Å². The van der Waals surface area contributed by atoms with E-state index in [1.165, 1.54) is 4.90 Å². The summed E-state index contributed by atoms with van der Waals surface area (Å²) in [5.74, 6) is -1.01. The topological polar surface area (TPSA) is 83.6 Å². The SMILES string of the molecule is Cc1cc(N2C(=O)C(=O)/C(=C(/O)c3ccc4ccccc4c3)C2c2ccccc2)no1. The number of amides is 1. The van der Waals surface area contributed by atoms with Gasteiger partial charge in [0, 0.05) is 11.6 Å². The van der Waals surface area contributed by atoms with Crippen LogP contribution < -0.4 is 4.90 Å². The number of hydrogen-bond donors (Lipinski definition) is 1. The predicted octanol–water partition coefficient (Wildman–Crippen LogP) is 4.76. The van der Waals surface area contributed by atoms with Gasteiger partial charge in [-0.2, -0.15) is 0 Å². The van der Waals surface area contributed by atoms with E-state index in [1.54, 1.807) is 25.1 Å². The van der Waals surface area contributed by atoms with Gasteiger partial charge < -0.3 is 9.63 Å². The first-order valence-corrected chi connectivity index (χ1v) is 9.83. The fraction of sp³-hybridized carbons (Fsp3) is 0.0800. The molecule has 1 aliphatic heterocycles. The predicted molar refractivity (Wildman–Crippen MR) is 116 cm³/mol. The number of hydrogen-bond acceptors (Lipinski definition) is 5. The van der Waals surface area contributed by atoms with Crippen LogP contribution in [0.25, 0.3) is 16.5 Å². The van der Waals surface area contributed by atoms with Crippen LogP contribution in [-0.2, 0) is 9.59 Å². The minimum absolute atomic E-state index is 0.0205. The van der Waals surface area contributed by atoms with Gasteiger partial charge in [0.15, 0.2) is 5.82 Å². The molecule has 0 aliphatic carbocycles. The Hall–Kier alpha value is -4.19. The number of aryl methyl sites for hydroxylation is 1. The highest BCUT2D eigenvalue weighted by atomic mass is 16.5. The molecule has 1 saturated heterocycles. The maximum absolute atomic E-state index is 13.1. The van der Waals surface area contributed by atoms with E-state index in [-0.39, 0.29) is 17.2 Å². The third kappa shape index (κ3) is 3.09. The van der Waals surface area contributed by atoms with Crippen molar-refractivity contribution in [2.24, 2.45) is 0 Å². The van der Waals surface area contributed by atoms with Gasteiger partial charge in [-0.15, -0.1) is 0 Å². The van der Waals surface area contributed by atoms with Gasteiger partial charge in [-0.05, 0) is 29.3 Å².